The Kier molecular flexibility index (Phi) is 8.80. The van der Waals surface area contributed by atoms with Gasteiger partial charge in [-0.2, -0.15) is 0 Å². The van der Waals surface area contributed by atoms with E-state index in [-0.39, 0.29) is 30.2 Å². The van der Waals surface area contributed by atoms with Crippen molar-refractivity contribution in [1.82, 2.24) is 0 Å². The number of nitrogens with one attached hydrogen (secondary N) is 4. The number of amides is 3. The van der Waals surface area contributed by atoms with Crippen molar-refractivity contribution in [3.8, 4) is 0 Å². The Morgan fingerprint density at radius 1 is 0.676 bits per heavy atom. The lowest BCUT2D eigenvalue weighted by Gasteiger charge is -2.11. The van der Waals surface area contributed by atoms with E-state index in [2.05, 4.69) is 21.3 Å². The Labute approximate surface area is 200 Å². The summed E-state index contributed by atoms with van der Waals surface area (Å²) in [6.45, 7) is 3.72. The molecule has 3 amide bonds. The minimum atomic E-state index is -0.212. The van der Waals surface area contributed by atoms with E-state index in [0.29, 0.717) is 29.9 Å². The Morgan fingerprint density at radius 2 is 1.29 bits per heavy atom. The van der Waals surface area contributed by atoms with Crippen LogP contribution in [0.4, 0.5) is 22.7 Å². The zero-order valence-electron chi connectivity index (χ0n) is 19.4. The molecule has 176 valence electrons. The summed E-state index contributed by atoms with van der Waals surface area (Å²) in [6.07, 6.45) is 1.07. The van der Waals surface area contributed by atoms with Crippen LogP contribution < -0.4 is 21.3 Å². The van der Waals surface area contributed by atoms with Gasteiger partial charge in [0, 0.05) is 35.1 Å². The fourth-order valence-electron chi connectivity index (χ4n) is 3.14. The van der Waals surface area contributed by atoms with Crippen molar-refractivity contribution in [3.05, 3.63) is 84.4 Å². The molecule has 0 saturated heterocycles. The lowest BCUT2D eigenvalue weighted by molar-refractivity contribution is -0.119. The molecular weight excluding hydrogens is 428 g/mol. The predicted octanol–water partition coefficient (Wildman–Crippen LogP) is 4.90. The number of hydrogen-bond acceptors (Lipinski definition) is 4. The first-order chi connectivity index (χ1) is 16.4. The third-order valence-electron chi connectivity index (χ3n) is 5.04. The van der Waals surface area contributed by atoms with Crippen LogP contribution >= 0.6 is 0 Å². The van der Waals surface area contributed by atoms with Crippen LogP contribution in [0.3, 0.4) is 0 Å². The molecule has 0 aromatic heterocycles. The van der Waals surface area contributed by atoms with Gasteiger partial charge in [0.05, 0.1) is 6.54 Å². The first-order valence-electron chi connectivity index (χ1n) is 11.3. The van der Waals surface area contributed by atoms with Gasteiger partial charge in [-0.3, -0.25) is 14.4 Å². The van der Waals surface area contributed by atoms with Gasteiger partial charge in [0.25, 0.3) is 0 Å². The maximum atomic E-state index is 12.3. The third-order valence-corrected chi connectivity index (χ3v) is 5.04. The zero-order chi connectivity index (χ0) is 24.3. The second-order valence-electron chi connectivity index (χ2n) is 8.24. The summed E-state index contributed by atoms with van der Waals surface area (Å²) in [5.74, 6) is -0.440. The summed E-state index contributed by atoms with van der Waals surface area (Å²) in [4.78, 5) is 36.3. The highest BCUT2D eigenvalue weighted by Crippen LogP contribution is 2.17. The summed E-state index contributed by atoms with van der Waals surface area (Å²) < 4.78 is 0. The molecule has 0 aliphatic carbocycles. The summed E-state index contributed by atoms with van der Waals surface area (Å²) in [5.41, 5.74) is 3.82. The normalized spacial score (nSPS) is 10.4. The van der Waals surface area contributed by atoms with Gasteiger partial charge >= 0.3 is 0 Å². The quantitative estimate of drug-likeness (QED) is 0.347. The molecule has 7 nitrogen and oxygen atoms in total. The fraction of sp³-hybridized carbons (Fsp3) is 0.222. The Hall–Kier alpha value is -4.13. The Morgan fingerprint density at radius 3 is 1.97 bits per heavy atom. The Bertz CT molecular complexity index is 1110. The SMILES string of the molecule is CC(C)C(=O)Nc1ccc(NC(=O)CNc2cccc(NC(=O)CCc3ccccc3)c2)cc1. The van der Waals surface area contributed by atoms with E-state index in [0.717, 1.165) is 11.3 Å². The number of rotatable bonds is 10. The number of carbonyl (C=O) groups is 3. The summed E-state index contributed by atoms with van der Waals surface area (Å²) >= 11 is 0. The smallest absolute Gasteiger partial charge is 0.243 e. The van der Waals surface area contributed by atoms with Crippen LogP contribution in [-0.2, 0) is 20.8 Å². The number of hydrogen-bond donors (Lipinski definition) is 4. The van der Waals surface area contributed by atoms with Gasteiger partial charge in [0.15, 0.2) is 0 Å². The van der Waals surface area contributed by atoms with Crippen LogP contribution in [0.25, 0.3) is 0 Å². The lowest BCUT2D eigenvalue weighted by Crippen LogP contribution is -2.22. The minimum Gasteiger partial charge on any atom is -0.376 e. The van der Waals surface area contributed by atoms with Crippen molar-refractivity contribution >= 4 is 40.5 Å². The molecular formula is C27H30N4O3. The number of anilines is 4. The van der Waals surface area contributed by atoms with E-state index < -0.39 is 0 Å². The van der Waals surface area contributed by atoms with Gasteiger partial charge in [-0.15, -0.1) is 0 Å². The average molecular weight is 459 g/mol. The van der Waals surface area contributed by atoms with E-state index in [9.17, 15) is 14.4 Å². The van der Waals surface area contributed by atoms with Crippen molar-refractivity contribution in [1.29, 1.82) is 0 Å². The van der Waals surface area contributed by atoms with Crippen molar-refractivity contribution in [2.24, 2.45) is 5.92 Å². The van der Waals surface area contributed by atoms with Gasteiger partial charge in [0.2, 0.25) is 17.7 Å². The molecule has 0 unspecified atom stereocenters. The molecule has 0 atom stereocenters. The molecule has 0 radical (unpaired) electrons. The largest absolute Gasteiger partial charge is 0.376 e. The third kappa shape index (κ3) is 8.09. The highest BCUT2D eigenvalue weighted by Gasteiger charge is 2.08. The molecule has 3 aromatic rings. The van der Waals surface area contributed by atoms with Gasteiger partial charge in [-0.25, -0.2) is 0 Å². The number of aryl methyl sites for hydroxylation is 1. The van der Waals surface area contributed by atoms with Crippen LogP contribution in [0.15, 0.2) is 78.9 Å². The minimum absolute atomic E-state index is 0.0596. The molecule has 3 aromatic carbocycles. The monoisotopic (exact) mass is 458 g/mol. The average Bonchev–Trinajstić information content (AvgIpc) is 2.83. The van der Waals surface area contributed by atoms with E-state index in [1.54, 1.807) is 30.3 Å². The first kappa shape index (κ1) is 24.5. The van der Waals surface area contributed by atoms with Crippen LogP contribution in [0.1, 0.15) is 25.8 Å². The molecule has 4 N–H and O–H groups in total. The van der Waals surface area contributed by atoms with E-state index in [4.69, 9.17) is 0 Å². The molecule has 0 saturated carbocycles. The maximum absolute atomic E-state index is 12.3. The number of carbonyl (C=O) groups excluding carboxylic acids is 3. The molecule has 0 heterocycles. The van der Waals surface area contributed by atoms with Crippen LogP contribution in [0.2, 0.25) is 0 Å². The predicted molar refractivity (Wildman–Crippen MR) is 137 cm³/mol. The topological polar surface area (TPSA) is 99.3 Å². The van der Waals surface area contributed by atoms with E-state index in [1.807, 2.05) is 62.4 Å². The molecule has 0 fully saturated rings. The van der Waals surface area contributed by atoms with E-state index >= 15 is 0 Å². The molecule has 34 heavy (non-hydrogen) atoms. The molecule has 7 heteroatoms. The fourth-order valence-corrected chi connectivity index (χ4v) is 3.14. The number of benzene rings is 3. The van der Waals surface area contributed by atoms with Crippen molar-refractivity contribution in [2.75, 3.05) is 27.8 Å². The Balaban J connectivity index is 1.44. The van der Waals surface area contributed by atoms with Crippen molar-refractivity contribution < 1.29 is 14.4 Å². The molecule has 0 spiro atoms. The van der Waals surface area contributed by atoms with Gasteiger partial charge in [0.1, 0.15) is 0 Å². The molecule has 0 aliphatic heterocycles. The molecule has 0 bridgehead atoms. The van der Waals surface area contributed by atoms with Crippen LogP contribution in [0.5, 0.6) is 0 Å². The maximum Gasteiger partial charge on any atom is 0.243 e. The highest BCUT2D eigenvalue weighted by atomic mass is 16.2. The summed E-state index contributed by atoms with van der Waals surface area (Å²) in [6, 6.07) is 24.1. The van der Waals surface area contributed by atoms with Gasteiger partial charge in [-0.05, 0) is 54.4 Å². The highest BCUT2D eigenvalue weighted by molar-refractivity contribution is 5.95. The van der Waals surface area contributed by atoms with Gasteiger partial charge < -0.3 is 21.3 Å². The van der Waals surface area contributed by atoms with Crippen molar-refractivity contribution in [2.45, 2.75) is 26.7 Å². The van der Waals surface area contributed by atoms with Gasteiger partial charge in [-0.1, -0.05) is 50.2 Å². The standard InChI is InChI=1S/C27H30N4O3/c1-19(2)27(34)31-22-14-12-21(13-15-22)29-26(33)18-28-23-9-6-10-24(17-23)30-25(32)16-11-20-7-4-3-5-8-20/h3-10,12-15,17,19,28H,11,16,18H2,1-2H3,(H,29,33)(H,30,32)(H,31,34). The van der Waals surface area contributed by atoms with Crippen LogP contribution in [0, 0.1) is 5.92 Å². The molecule has 3 rings (SSSR count). The molecule has 0 aliphatic rings. The van der Waals surface area contributed by atoms with Crippen molar-refractivity contribution in [3.63, 3.8) is 0 Å². The second-order valence-corrected chi connectivity index (χ2v) is 8.24. The second kappa shape index (κ2) is 12.2. The summed E-state index contributed by atoms with van der Waals surface area (Å²) in [5, 5.41) is 11.6. The zero-order valence-corrected chi connectivity index (χ0v) is 19.4. The van der Waals surface area contributed by atoms with Crippen LogP contribution in [-0.4, -0.2) is 24.3 Å². The first-order valence-corrected chi connectivity index (χ1v) is 11.3. The summed E-state index contributed by atoms with van der Waals surface area (Å²) in [7, 11) is 0. The van der Waals surface area contributed by atoms with E-state index in [1.165, 1.54) is 0 Å². The lowest BCUT2D eigenvalue weighted by atomic mass is 10.1.